The van der Waals surface area contributed by atoms with Crippen LogP contribution in [-0.4, -0.2) is 52.7 Å². The highest BCUT2D eigenvalue weighted by Gasteiger charge is 2.18. The largest absolute Gasteiger partial charge is 0.480 e. The van der Waals surface area contributed by atoms with Crippen molar-refractivity contribution in [2.24, 2.45) is 0 Å². The van der Waals surface area contributed by atoms with Crippen LogP contribution in [-0.2, 0) is 16.0 Å². The summed E-state index contributed by atoms with van der Waals surface area (Å²) in [4.78, 5) is 33.6. The van der Waals surface area contributed by atoms with Crippen LogP contribution in [0, 0.1) is 0 Å². The molecular formula is C13H15ClN2O5. The summed E-state index contributed by atoms with van der Waals surface area (Å²) in [6.45, 7) is -1.08. The fourth-order valence-electron chi connectivity index (χ4n) is 1.60. The van der Waals surface area contributed by atoms with Crippen molar-refractivity contribution in [2.45, 2.75) is 6.42 Å². The molecule has 0 aliphatic carbocycles. The molecule has 1 aromatic carbocycles. The summed E-state index contributed by atoms with van der Waals surface area (Å²) in [5.74, 6) is -2.55. The van der Waals surface area contributed by atoms with Crippen LogP contribution in [0.2, 0.25) is 5.02 Å². The molecule has 2 amide bonds. The van der Waals surface area contributed by atoms with Crippen molar-refractivity contribution in [3.8, 4) is 0 Å². The Morgan fingerprint density at radius 3 is 2.05 bits per heavy atom. The number of hydrogen-bond acceptors (Lipinski definition) is 3. The first-order valence-corrected chi connectivity index (χ1v) is 6.47. The van der Waals surface area contributed by atoms with Gasteiger partial charge in [0.2, 0.25) is 0 Å². The number of carboxylic acids is 2. The number of nitrogens with one attached hydrogen (secondary N) is 1. The maximum absolute atomic E-state index is 11.7. The topological polar surface area (TPSA) is 107 Å². The molecule has 0 aromatic heterocycles. The summed E-state index contributed by atoms with van der Waals surface area (Å²) in [5.41, 5.74) is 0.947. The molecule has 1 aromatic rings. The highest BCUT2D eigenvalue weighted by atomic mass is 35.5. The fraction of sp³-hybridized carbons (Fsp3) is 0.308. The minimum Gasteiger partial charge on any atom is -0.480 e. The normalized spacial score (nSPS) is 9.95. The molecule has 0 atom stereocenters. The molecule has 0 spiro atoms. The maximum Gasteiger partial charge on any atom is 0.323 e. The standard InChI is InChI=1S/C13H15ClN2O5/c14-10-3-1-9(2-4-10)5-6-15-13(21)16(7-11(17)18)8-12(19)20/h1-4H,5-8H2,(H,15,21)(H,17,18)(H,19,20). The zero-order valence-electron chi connectivity index (χ0n) is 11.1. The van der Waals surface area contributed by atoms with Gasteiger partial charge in [-0.05, 0) is 24.1 Å². The number of carbonyl (C=O) groups is 3. The van der Waals surface area contributed by atoms with Crippen LogP contribution in [0.15, 0.2) is 24.3 Å². The highest BCUT2D eigenvalue weighted by molar-refractivity contribution is 6.30. The van der Waals surface area contributed by atoms with Gasteiger partial charge in [0.15, 0.2) is 0 Å². The van der Waals surface area contributed by atoms with Gasteiger partial charge in [-0.15, -0.1) is 0 Å². The van der Waals surface area contributed by atoms with E-state index in [1.807, 2.05) is 0 Å². The van der Waals surface area contributed by atoms with Gasteiger partial charge in [0, 0.05) is 11.6 Å². The van der Waals surface area contributed by atoms with Gasteiger partial charge in [0.1, 0.15) is 13.1 Å². The average Bonchev–Trinajstić information content (AvgIpc) is 2.39. The lowest BCUT2D eigenvalue weighted by Gasteiger charge is -2.19. The van der Waals surface area contributed by atoms with Crippen LogP contribution in [0.4, 0.5) is 4.79 Å². The molecule has 3 N–H and O–H groups in total. The first kappa shape index (κ1) is 16.8. The van der Waals surface area contributed by atoms with E-state index in [9.17, 15) is 14.4 Å². The van der Waals surface area contributed by atoms with Gasteiger partial charge < -0.3 is 20.4 Å². The summed E-state index contributed by atoms with van der Waals surface area (Å²) in [5, 5.41) is 20.4. The van der Waals surface area contributed by atoms with Crippen LogP contribution in [0.5, 0.6) is 0 Å². The second-order valence-corrected chi connectivity index (χ2v) is 4.69. The van der Waals surface area contributed by atoms with Gasteiger partial charge in [-0.25, -0.2) is 4.79 Å². The molecule has 0 saturated carbocycles. The first-order valence-electron chi connectivity index (χ1n) is 6.09. The van der Waals surface area contributed by atoms with Gasteiger partial charge in [0.25, 0.3) is 0 Å². The summed E-state index contributed by atoms with van der Waals surface area (Å²) in [6.07, 6.45) is 0.525. The molecule has 0 aliphatic heterocycles. The van der Waals surface area contributed by atoms with E-state index in [4.69, 9.17) is 21.8 Å². The number of benzene rings is 1. The molecule has 8 heteroatoms. The average molecular weight is 315 g/mol. The van der Waals surface area contributed by atoms with Crippen LogP contribution in [0.3, 0.4) is 0 Å². The Labute approximate surface area is 126 Å². The number of nitrogens with zero attached hydrogens (tertiary/aromatic N) is 1. The zero-order valence-corrected chi connectivity index (χ0v) is 11.8. The molecule has 1 rings (SSSR count). The molecule has 21 heavy (non-hydrogen) atoms. The van der Waals surface area contributed by atoms with Crippen molar-refractivity contribution >= 4 is 29.6 Å². The summed E-state index contributed by atoms with van der Waals surface area (Å²) < 4.78 is 0. The van der Waals surface area contributed by atoms with Gasteiger partial charge in [-0.2, -0.15) is 0 Å². The molecule has 114 valence electrons. The number of halogens is 1. The second-order valence-electron chi connectivity index (χ2n) is 4.25. The number of aliphatic carboxylic acids is 2. The third-order valence-corrected chi connectivity index (χ3v) is 2.79. The molecule has 0 fully saturated rings. The van der Waals surface area contributed by atoms with E-state index >= 15 is 0 Å². The second kappa shape index (κ2) is 8.11. The number of hydrogen-bond donors (Lipinski definition) is 3. The lowest BCUT2D eigenvalue weighted by molar-refractivity contribution is -0.140. The molecule has 7 nitrogen and oxygen atoms in total. The van der Waals surface area contributed by atoms with E-state index in [0.717, 1.165) is 5.56 Å². The Bertz CT molecular complexity index is 502. The lowest BCUT2D eigenvalue weighted by atomic mass is 10.1. The monoisotopic (exact) mass is 314 g/mol. The van der Waals surface area contributed by atoms with Gasteiger partial charge in [-0.1, -0.05) is 23.7 Å². The van der Waals surface area contributed by atoms with Crippen LogP contribution in [0.25, 0.3) is 0 Å². The highest BCUT2D eigenvalue weighted by Crippen LogP contribution is 2.09. The van der Waals surface area contributed by atoms with E-state index < -0.39 is 31.1 Å². The fourth-order valence-corrected chi connectivity index (χ4v) is 1.73. The van der Waals surface area contributed by atoms with Crippen molar-refractivity contribution in [1.82, 2.24) is 10.2 Å². The predicted octanol–water partition coefficient (Wildman–Crippen LogP) is 1.06. The third kappa shape index (κ3) is 6.62. The Morgan fingerprint density at radius 2 is 1.57 bits per heavy atom. The Kier molecular flexibility index (Phi) is 6.48. The van der Waals surface area contributed by atoms with E-state index in [2.05, 4.69) is 5.32 Å². The molecule has 0 bridgehead atoms. The maximum atomic E-state index is 11.7. The SMILES string of the molecule is O=C(O)CN(CC(=O)O)C(=O)NCCc1ccc(Cl)cc1. The number of rotatable bonds is 7. The van der Waals surface area contributed by atoms with E-state index in [0.29, 0.717) is 16.3 Å². The van der Waals surface area contributed by atoms with Gasteiger partial charge in [-0.3, -0.25) is 9.59 Å². The minimum atomic E-state index is -1.27. The number of urea groups is 1. The zero-order chi connectivity index (χ0) is 15.8. The van der Waals surface area contributed by atoms with E-state index in [1.165, 1.54) is 0 Å². The number of amides is 2. The molecule has 0 saturated heterocycles. The Hall–Kier alpha value is -2.28. The van der Waals surface area contributed by atoms with Crippen LogP contribution < -0.4 is 5.32 Å². The minimum absolute atomic E-state index is 0.260. The molecule has 0 aliphatic rings. The predicted molar refractivity (Wildman–Crippen MR) is 75.4 cm³/mol. The van der Waals surface area contributed by atoms with Crippen molar-refractivity contribution in [3.63, 3.8) is 0 Å². The van der Waals surface area contributed by atoms with E-state index in [1.54, 1.807) is 24.3 Å². The van der Waals surface area contributed by atoms with E-state index in [-0.39, 0.29) is 6.54 Å². The summed E-state index contributed by atoms with van der Waals surface area (Å²) in [7, 11) is 0. The molecule has 0 unspecified atom stereocenters. The molecule has 0 radical (unpaired) electrons. The smallest absolute Gasteiger partial charge is 0.323 e. The third-order valence-electron chi connectivity index (χ3n) is 2.54. The molecular weight excluding hydrogens is 300 g/mol. The van der Waals surface area contributed by atoms with Gasteiger partial charge in [0.05, 0.1) is 0 Å². The van der Waals surface area contributed by atoms with Crippen molar-refractivity contribution in [3.05, 3.63) is 34.9 Å². The number of carboxylic acid groups (broad SMARTS) is 2. The summed E-state index contributed by atoms with van der Waals surface area (Å²) in [6, 6.07) is 6.33. The lowest BCUT2D eigenvalue weighted by Crippen LogP contribution is -2.45. The van der Waals surface area contributed by atoms with Crippen molar-refractivity contribution < 1.29 is 24.6 Å². The van der Waals surface area contributed by atoms with Crippen molar-refractivity contribution in [1.29, 1.82) is 0 Å². The Morgan fingerprint density at radius 1 is 1.05 bits per heavy atom. The van der Waals surface area contributed by atoms with Crippen LogP contribution in [0.1, 0.15) is 5.56 Å². The van der Waals surface area contributed by atoms with Crippen molar-refractivity contribution in [2.75, 3.05) is 19.6 Å². The Balaban J connectivity index is 2.47. The molecule has 0 heterocycles. The van der Waals surface area contributed by atoms with Gasteiger partial charge >= 0.3 is 18.0 Å². The number of carbonyl (C=O) groups excluding carboxylic acids is 1. The first-order chi connectivity index (χ1) is 9.88. The van der Waals surface area contributed by atoms with Crippen LogP contribution >= 0.6 is 11.6 Å². The summed E-state index contributed by atoms with van der Waals surface area (Å²) >= 11 is 5.75. The quantitative estimate of drug-likeness (QED) is 0.697.